The van der Waals surface area contributed by atoms with Crippen molar-refractivity contribution in [2.24, 2.45) is 0 Å². The molecule has 0 aliphatic carbocycles. The first kappa shape index (κ1) is 27.6. The van der Waals surface area contributed by atoms with Crippen LogP contribution in [0.1, 0.15) is 40.2 Å². The van der Waals surface area contributed by atoms with Crippen molar-refractivity contribution in [2.75, 3.05) is 25.0 Å². The molecule has 0 saturated carbocycles. The van der Waals surface area contributed by atoms with E-state index in [1.807, 2.05) is 6.07 Å². The summed E-state index contributed by atoms with van der Waals surface area (Å²) in [7, 11) is 0. The van der Waals surface area contributed by atoms with Crippen LogP contribution in [0.25, 0.3) is 11.0 Å². The van der Waals surface area contributed by atoms with E-state index in [1.165, 1.54) is 18.2 Å². The molecule has 0 amide bonds. The van der Waals surface area contributed by atoms with Gasteiger partial charge in [0.2, 0.25) is 0 Å². The van der Waals surface area contributed by atoms with E-state index in [9.17, 15) is 18.7 Å². The van der Waals surface area contributed by atoms with Crippen molar-refractivity contribution in [2.45, 2.75) is 44.7 Å². The molecule has 1 aromatic heterocycles. The van der Waals surface area contributed by atoms with E-state index in [-0.39, 0.29) is 41.2 Å². The number of ether oxygens (including phenoxy) is 2. The fraction of sp³-hybridized carbons (Fsp3) is 0.323. The van der Waals surface area contributed by atoms with E-state index in [4.69, 9.17) is 19.7 Å². The predicted octanol–water partition coefficient (Wildman–Crippen LogP) is 4.94. The van der Waals surface area contributed by atoms with Gasteiger partial charge in [0, 0.05) is 43.1 Å². The number of aromatic nitrogens is 2. The van der Waals surface area contributed by atoms with Crippen LogP contribution in [0.4, 0.5) is 14.5 Å². The van der Waals surface area contributed by atoms with E-state index >= 15 is 0 Å². The van der Waals surface area contributed by atoms with Crippen LogP contribution in [0.5, 0.6) is 5.75 Å². The van der Waals surface area contributed by atoms with Crippen LogP contribution >= 0.6 is 0 Å². The van der Waals surface area contributed by atoms with Crippen LogP contribution in [0.2, 0.25) is 0 Å². The van der Waals surface area contributed by atoms with Gasteiger partial charge in [0.15, 0.2) is 11.6 Å². The van der Waals surface area contributed by atoms with Crippen molar-refractivity contribution in [3.63, 3.8) is 0 Å². The van der Waals surface area contributed by atoms with Gasteiger partial charge < -0.3 is 24.5 Å². The average Bonchev–Trinajstić information content (AvgIpc) is 3.54. The van der Waals surface area contributed by atoms with Gasteiger partial charge in [-0.3, -0.25) is 4.90 Å². The Labute approximate surface area is 240 Å². The topological polar surface area (TPSA) is 113 Å². The molecule has 4 aromatic rings. The average molecular weight is 574 g/mol. The quantitative estimate of drug-likeness (QED) is 0.275. The first-order valence-electron chi connectivity index (χ1n) is 13.8. The molecule has 2 aliphatic rings. The van der Waals surface area contributed by atoms with Crippen LogP contribution in [-0.2, 0) is 24.4 Å². The third kappa shape index (κ3) is 5.91. The minimum absolute atomic E-state index is 0.00581. The first-order chi connectivity index (χ1) is 20.4. The van der Waals surface area contributed by atoms with Gasteiger partial charge in [-0.15, -0.1) is 0 Å². The number of likely N-dealkylation sites (tertiary alicyclic amines) is 1. The van der Waals surface area contributed by atoms with Crippen LogP contribution in [0.3, 0.4) is 0 Å². The highest BCUT2D eigenvalue weighted by Crippen LogP contribution is 2.27. The third-order valence-corrected chi connectivity index (χ3v) is 7.76. The lowest BCUT2D eigenvalue weighted by Crippen LogP contribution is -2.33. The minimum Gasteiger partial charge on any atom is -0.486 e. The van der Waals surface area contributed by atoms with E-state index in [2.05, 4.69) is 14.8 Å². The zero-order chi connectivity index (χ0) is 29.2. The summed E-state index contributed by atoms with van der Waals surface area (Å²) >= 11 is 0. The van der Waals surface area contributed by atoms with Crippen molar-refractivity contribution >= 4 is 22.7 Å². The van der Waals surface area contributed by atoms with E-state index in [0.29, 0.717) is 18.8 Å². The van der Waals surface area contributed by atoms with Gasteiger partial charge in [0.05, 0.1) is 47.4 Å². The van der Waals surface area contributed by atoms with Gasteiger partial charge in [-0.1, -0.05) is 6.07 Å². The molecular formula is C31H29F2N5O4. The molecule has 0 bridgehead atoms. The summed E-state index contributed by atoms with van der Waals surface area (Å²) in [5, 5.41) is 21.8. The summed E-state index contributed by atoms with van der Waals surface area (Å²) in [6, 6.07) is 15.6. The highest BCUT2D eigenvalue weighted by Gasteiger charge is 2.27. The Morgan fingerprint density at radius 2 is 2.00 bits per heavy atom. The monoisotopic (exact) mass is 573 g/mol. The number of nitrogens with zero attached hydrogens (tertiary/aromatic N) is 4. The SMILES string of the molecule is N#Cc1ccc(COc2cc(N[C@@H]3CCN(Cc4nc5ccc(C(=O)O)cc5n4C[C@@H]4CCO4)C3)ccc2F)c(F)c1. The maximum atomic E-state index is 14.5. The maximum Gasteiger partial charge on any atom is 0.335 e. The van der Waals surface area contributed by atoms with Crippen LogP contribution < -0.4 is 10.1 Å². The molecule has 2 atom stereocenters. The molecule has 3 aromatic carbocycles. The van der Waals surface area contributed by atoms with Crippen molar-refractivity contribution in [1.29, 1.82) is 5.26 Å². The third-order valence-electron chi connectivity index (χ3n) is 7.76. The molecular weight excluding hydrogens is 544 g/mol. The molecule has 42 heavy (non-hydrogen) atoms. The number of anilines is 1. The second-order valence-corrected chi connectivity index (χ2v) is 10.6. The molecule has 11 heteroatoms. The minimum atomic E-state index is -0.977. The summed E-state index contributed by atoms with van der Waals surface area (Å²) in [6.45, 7) is 3.33. The number of carboxylic acids is 1. The number of hydrogen-bond acceptors (Lipinski definition) is 7. The van der Waals surface area contributed by atoms with Gasteiger partial charge in [-0.2, -0.15) is 5.26 Å². The summed E-state index contributed by atoms with van der Waals surface area (Å²) < 4.78 is 42.0. The molecule has 0 radical (unpaired) electrons. The number of rotatable bonds is 10. The lowest BCUT2D eigenvalue weighted by atomic mass is 10.1. The molecule has 0 spiro atoms. The molecule has 2 fully saturated rings. The van der Waals surface area contributed by atoms with Crippen molar-refractivity contribution in [1.82, 2.24) is 14.5 Å². The predicted molar refractivity (Wildman–Crippen MR) is 150 cm³/mol. The van der Waals surface area contributed by atoms with Crippen LogP contribution in [0, 0.1) is 23.0 Å². The first-order valence-corrected chi connectivity index (χ1v) is 13.8. The highest BCUT2D eigenvalue weighted by molar-refractivity contribution is 5.92. The summed E-state index contributed by atoms with van der Waals surface area (Å²) in [6.07, 6.45) is 1.91. The van der Waals surface area contributed by atoms with E-state index < -0.39 is 17.6 Å². The Hall–Kier alpha value is -4.53. The molecule has 0 unspecified atom stereocenters. The molecule has 6 rings (SSSR count). The van der Waals surface area contributed by atoms with Gasteiger partial charge in [0.25, 0.3) is 0 Å². The molecule has 216 valence electrons. The van der Waals surface area contributed by atoms with Gasteiger partial charge in [-0.25, -0.2) is 18.6 Å². The number of fused-ring (bicyclic) bond motifs is 1. The lowest BCUT2D eigenvalue weighted by Gasteiger charge is -2.28. The van der Waals surface area contributed by atoms with Crippen LogP contribution in [-0.4, -0.2) is 57.4 Å². The van der Waals surface area contributed by atoms with Gasteiger partial charge in [0.1, 0.15) is 18.2 Å². The number of carbonyl (C=O) groups is 1. The summed E-state index contributed by atoms with van der Waals surface area (Å²) in [5.41, 5.74) is 2.88. The number of imidazole rings is 1. The Kier molecular flexibility index (Phi) is 7.73. The second kappa shape index (κ2) is 11.8. The molecule has 3 heterocycles. The lowest BCUT2D eigenvalue weighted by molar-refractivity contribution is -0.0591. The normalized spacial score (nSPS) is 18.5. The van der Waals surface area contributed by atoms with E-state index in [1.54, 1.807) is 30.3 Å². The maximum absolute atomic E-state index is 14.5. The smallest absolute Gasteiger partial charge is 0.335 e. The number of nitriles is 1. The van der Waals surface area contributed by atoms with Gasteiger partial charge in [-0.05, 0) is 55.3 Å². The Morgan fingerprint density at radius 1 is 1.14 bits per heavy atom. The molecule has 2 aliphatic heterocycles. The fourth-order valence-electron chi connectivity index (χ4n) is 5.39. The number of benzene rings is 3. The standard InChI is InChI=1S/C31H29F2N5O4/c32-25-5-4-22(13-29(25)42-18-21-2-1-19(14-34)11-26(21)33)35-23-7-9-37(15-23)17-30-36-27-6-3-20(31(39)40)12-28(27)38(30)16-24-8-10-41-24/h1-6,11-13,23-24,35H,7-10,15-18H2,(H,39,40)/t23-,24+/m1/s1. The van der Waals surface area contributed by atoms with Crippen molar-refractivity contribution in [3.05, 3.63) is 88.7 Å². The number of carboxylic acid groups (broad SMARTS) is 1. The molecule has 2 N–H and O–H groups in total. The van der Waals surface area contributed by atoms with E-state index in [0.717, 1.165) is 55.5 Å². The largest absolute Gasteiger partial charge is 0.486 e. The van der Waals surface area contributed by atoms with Crippen molar-refractivity contribution < 1.29 is 28.2 Å². The molecule has 9 nitrogen and oxygen atoms in total. The van der Waals surface area contributed by atoms with Crippen molar-refractivity contribution in [3.8, 4) is 11.8 Å². The highest BCUT2D eigenvalue weighted by atomic mass is 19.1. The Bertz CT molecular complexity index is 1680. The Balaban J connectivity index is 1.11. The van der Waals surface area contributed by atoms with Crippen LogP contribution in [0.15, 0.2) is 54.6 Å². The number of halogens is 2. The van der Waals surface area contributed by atoms with Gasteiger partial charge >= 0.3 is 5.97 Å². The fourth-order valence-corrected chi connectivity index (χ4v) is 5.39. The zero-order valence-corrected chi connectivity index (χ0v) is 22.7. The molecule has 2 saturated heterocycles. The number of aromatic carboxylic acids is 1. The second-order valence-electron chi connectivity index (χ2n) is 10.6. The number of hydrogen-bond donors (Lipinski definition) is 2. The Morgan fingerprint density at radius 3 is 2.74 bits per heavy atom. The number of nitrogens with one attached hydrogen (secondary N) is 1. The summed E-state index contributed by atoms with van der Waals surface area (Å²) in [5.74, 6) is -1.24. The summed E-state index contributed by atoms with van der Waals surface area (Å²) in [4.78, 5) is 18.7. The zero-order valence-electron chi connectivity index (χ0n) is 22.7.